The van der Waals surface area contributed by atoms with Crippen LogP contribution in [-0.4, -0.2) is 57.9 Å². The van der Waals surface area contributed by atoms with Gasteiger partial charge in [-0.05, 0) is 6.92 Å². The van der Waals surface area contributed by atoms with E-state index in [-0.39, 0.29) is 10.5 Å². The minimum Gasteiger partial charge on any atom is -0.392 e. The largest absolute Gasteiger partial charge is 0.392 e. The van der Waals surface area contributed by atoms with Crippen molar-refractivity contribution in [2.45, 2.75) is 40.0 Å². The number of nitrogens with two attached hydrogens (primary N) is 1. The first kappa shape index (κ1) is 17.9. The Hall–Kier alpha value is -0.140. The van der Waals surface area contributed by atoms with E-state index >= 15 is 0 Å². The minimum absolute atomic E-state index is 0.146. The molecule has 0 aromatic rings. The molecule has 0 spiro atoms. The zero-order chi connectivity index (χ0) is 14.3. The Balaban J connectivity index is 4.07. The number of rotatable bonds is 7. The van der Waals surface area contributed by atoms with Gasteiger partial charge in [0.05, 0.1) is 6.10 Å². The van der Waals surface area contributed by atoms with Crippen molar-refractivity contribution in [2.75, 3.05) is 25.4 Å². The zero-order valence-electron chi connectivity index (χ0n) is 11.7. The van der Waals surface area contributed by atoms with Crippen LogP contribution in [0.4, 0.5) is 0 Å². The van der Waals surface area contributed by atoms with E-state index in [4.69, 9.17) is 10.8 Å². The van der Waals surface area contributed by atoms with Crippen LogP contribution in [0.15, 0.2) is 0 Å². The Morgan fingerprint density at radius 2 is 1.89 bits per heavy atom. The van der Waals surface area contributed by atoms with Crippen LogP contribution in [0, 0.1) is 5.41 Å². The minimum atomic E-state index is -0.924. The third-order valence-electron chi connectivity index (χ3n) is 2.22. The lowest BCUT2D eigenvalue weighted by atomic mass is 10.00. The van der Waals surface area contributed by atoms with Crippen molar-refractivity contribution in [1.29, 1.82) is 0 Å². The van der Waals surface area contributed by atoms with E-state index in [2.05, 4.69) is 0 Å². The summed E-state index contributed by atoms with van der Waals surface area (Å²) in [4.78, 5) is 13.6. The van der Waals surface area contributed by atoms with Crippen molar-refractivity contribution in [3.05, 3.63) is 0 Å². The molecular formula is C12H26N2O3S. The first-order valence-corrected chi connectivity index (χ1v) is 7.12. The van der Waals surface area contributed by atoms with Gasteiger partial charge in [0.15, 0.2) is 5.12 Å². The average molecular weight is 278 g/mol. The van der Waals surface area contributed by atoms with Crippen molar-refractivity contribution in [3.8, 4) is 0 Å². The first-order valence-electron chi connectivity index (χ1n) is 6.14. The summed E-state index contributed by atoms with van der Waals surface area (Å²) >= 11 is 1.28. The van der Waals surface area contributed by atoms with Gasteiger partial charge in [-0.25, -0.2) is 0 Å². The maximum absolute atomic E-state index is 11.7. The van der Waals surface area contributed by atoms with Crippen LogP contribution >= 0.6 is 11.8 Å². The maximum atomic E-state index is 11.7. The summed E-state index contributed by atoms with van der Waals surface area (Å²) in [5, 5.41) is 18.6. The lowest BCUT2D eigenvalue weighted by molar-refractivity contribution is -0.117. The van der Waals surface area contributed by atoms with Crippen LogP contribution in [-0.2, 0) is 4.79 Å². The molecule has 0 saturated heterocycles. The second kappa shape index (κ2) is 8.12. The number of hydrogen-bond donors (Lipinski definition) is 3. The number of nitrogens with zero attached hydrogens (tertiary/aromatic N) is 1. The van der Waals surface area contributed by atoms with Crippen LogP contribution in [0.1, 0.15) is 27.7 Å². The molecule has 0 bridgehead atoms. The van der Waals surface area contributed by atoms with E-state index < -0.39 is 12.3 Å². The quantitative estimate of drug-likeness (QED) is 0.579. The summed E-state index contributed by atoms with van der Waals surface area (Å²) in [6, 6.07) is 0. The monoisotopic (exact) mass is 278 g/mol. The Bertz CT molecular complexity index is 242. The molecule has 4 N–H and O–H groups in total. The molecule has 0 aliphatic rings. The van der Waals surface area contributed by atoms with Crippen LogP contribution in [0.2, 0.25) is 0 Å². The van der Waals surface area contributed by atoms with Crippen molar-refractivity contribution < 1.29 is 15.0 Å². The van der Waals surface area contributed by atoms with E-state index in [1.54, 1.807) is 6.92 Å². The summed E-state index contributed by atoms with van der Waals surface area (Å²) in [6.07, 6.45) is -1.40. The molecule has 0 aliphatic heterocycles. The first-order chi connectivity index (χ1) is 8.12. The highest BCUT2D eigenvalue weighted by molar-refractivity contribution is 8.13. The molecule has 0 rings (SSSR count). The van der Waals surface area contributed by atoms with Crippen molar-refractivity contribution in [1.82, 2.24) is 4.90 Å². The Kier molecular flexibility index (Phi) is 8.05. The highest BCUT2D eigenvalue weighted by atomic mass is 32.2. The fourth-order valence-electron chi connectivity index (χ4n) is 1.38. The number of aliphatic hydroxyl groups is 2. The molecule has 18 heavy (non-hydrogen) atoms. The topological polar surface area (TPSA) is 86.8 Å². The molecule has 0 fully saturated rings. The molecule has 0 aliphatic carbocycles. The lowest BCUT2D eigenvalue weighted by Crippen LogP contribution is -2.41. The predicted octanol–water partition coefficient (Wildman–Crippen LogP) is 0.252. The molecule has 0 amide bonds. The molecule has 0 aromatic carbocycles. The van der Waals surface area contributed by atoms with Gasteiger partial charge in [0, 0.05) is 30.8 Å². The molecule has 0 aromatic heterocycles. The smallest absolute Gasteiger partial charge is 0.194 e. The molecule has 0 heterocycles. The van der Waals surface area contributed by atoms with Crippen LogP contribution in [0.25, 0.3) is 0 Å². The highest BCUT2D eigenvalue weighted by Gasteiger charge is 2.21. The highest BCUT2D eigenvalue weighted by Crippen LogP contribution is 2.22. The average Bonchev–Trinajstić information content (AvgIpc) is 2.13. The Morgan fingerprint density at radius 1 is 1.33 bits per heavy atom. The second-order valence-corrected chi connectivity index (χ2v) is 6.63. The number of thioether (sulfide) groups is 1. The zero-order valence-corrected chi connectivity index (χ0v) is 12.5. The molecule has 2 unspecified atom stereocenters. The Labute approximate surface area is 114 Å². The molecular weight excluding hydrogens is 252 g/mol. The van der Waals surface area contributed by atoms with Gasteiger partial charge < -0.3 is 15.9 Å². The second-order valence-electron chi connectivity index (χ2n) is 5.56. The number of carbonyl (C=O) groups excluding carboxylic acids is 1. The van der Waals surface area contributed by atoms with E-state index in [0.29, 0.717) is 25.4 Å². The molecule has 6 heteroatoms. The maximum Gasteiger partial charge on any atom is 0.194 e. The van der Waals surface area contributed by atoms with Gasteiger partial charge in [-0.15, -0.1) is 0 Å². The van der Waals surface area contributed by atoms with Crippen molar-refractivity contribution in [3.63, 3.8) is 0 Å². The summed E-state index contributed by atoms with van der Waals surface area (Å²) in [7, 11) is 0. The van der Waals surface area contributed by atoms with Crippen LogP contribution in [0.3, 0.4) is 0 Å². The molecule has 0 radical (unpaired) electrons. The van der Waals surface area contributed by atoms with Gasteiger partial charge in [0.25, 0.3) is 0 Å². The standard InChI is InChI=1S/C12H26N2O3S/c1-9(15)7-14(8-10(13)16)5-6-18-11(17)12(2,3)4/h9-10,15-16H,5-8,13H2,1-4H3. The molecule has 0 saturated carbocycles. The van der Waals surface area contributed by atoms with Crippen molar-refractivity contribution >= 4 is 16.9 Å². The van der Waals surface area contributed by atoms with Crippen LogP contribution < -0.4 is 5.73 Å². The van der Waals surface area contributed by atoms with Crippen molar-refractivity contribution in [2.24, 2.45) is 11.1 Å². The van der Waals surface area contributed by atoms with Gasteiger partial charge in [-0.1, -0.05) is 32.5 Å². The number of carbonyl (C=O) groups is 1. The van der Waals surface area contributed by atoms with E-state index in [1.807, 2.05) is 25.7 Å². The van der Waals surface area contributed by atoms with Crippen LogP contribution in [0.5, 0.6) is 0 Å². The summed E-state index contributed by atoms with van der Waals surface area (Å²) in [5.41, 5.74) is 4.99. The Morgan fingerprint density at radius 3 is 2.28 bits per heavy atom. The summed E-state index contributed by atoms with van der Waals surface area (Å²) < 4.78 is 0. The molecule has 2 atom stereocenters. The van der Waals surface area contributed by atoms with E-state index in [0.717, 1.165) is 0 Å². The van der Waals surface area contributed by atoms with E-state index in [9.17, 15) is 9.90 Å². The SMILES string of the molecule is CC(O)CN(CCSC(=O)C(C)(C)C)CC(N)O. The third kappa shape index (κ3) is 8.88. The van der Waals surface area contributed by atoms with E-state index in [1.165, 1.54) is 11.8 Å². The van der Waals surface area contributed by atoms with Gasteiger partial charge in [-0.3, -0.25) is 9.69 Å². The molecule has 108 valence electrons. The normalized spacial score (nSPS) is 15.8. The summed E-state index contributed by atoms with van der Waals surface area (Å²) in [5.74, 6) is 0.634. The number of hydrogen-bond acceptors (Lipinski definition) is 6. The molecule has 5 nitrogen and oxygen atoms in total. The summed E-state index contributed by atoms with van der Waals surface area (Å²) in [6.45, 7) is 8.71. The number of aliphatic hydroxyl groups excluding tert-OH is 2. The van der Waals surface area contributed by atoms with Gasteiger partial charge in [0.1, 0.15) is 6.23 Å². The fraction of sp³-hybridized carbons (Fsp3) is 0.917. The fourth-order valence-corrected chi connectivity index (χ4v) is 2.35. The van der Waals surface area contributed by atoms with Gasteiger partial charge in [0.2, 0.25) is 0 Å². The van der Waals surface area contributed by atoms with Gasteiger partial charge >= 0.3 is 0 Å². The van der Waals surface area contributed by atoms with Gasteiger partial charge in [-0.2, -0.15) is 0 Å². The predicted molar refractivity (Wildman–Crippen MR) is 75.2 cm³/mol. The third-order valence-corrected chi connectivity index (χ3v) is 3.48. The lowest BCUT2D eigenvalue weighted by Gasteiger charge is -2.25.